The van der Waals surface area contributed by atoms with Gasteiger partial charge in [-0.25, -0.2) is 0 Å². The van der Waals surface area contributed by atoms with Crippen LogP contribution in [0.2, 0.25) is 0 Å². The second-order valence-electron chi connectivity index (χ2n) is 6.44. The second kappa shape index (κ2) is 11.2. The highest BCUT2D eigenvalue weighted by atomic mass is 32.1. The largest absolute Gasteiger partial charge is 0.385 e. The second-order valence-corrected chi connectivity index (χ2v) is 7.44. The van der Waals surface area contributed by atoms with Crippen LogP contribution >= 0.6 is 11.3 Å². The number of hydrogen-bond acceptors (Lipinski definition) is 5. The number of fused-ring (bicyclic) bond motifs is 1. The van der Waals surface area contributed by atoms with Crippen molar-refractivity contribution in [2.24, 2.45) is 4.99 Å². The zero-order valence-electron chi connectivity index (χ0n) is 16.1. The Labute approximate surface area is 160 Å². The van der Waals surface area contributed by atoms with Crippen LogP contribution in [0.25, 0.3) is 0 Å². The third-order valence-electron chi connectivity index (χ3n) is 4.47. The summed E-state index contributed by atoms with van der Waals surface area (Å²) in [4.78, 5) is 22.2. The highest BCUT2D eigenvalue weighted by Gasteiger charge is 2.21. The number of nitrogens with zero attached hydrogens (tertiary/aromatic N) is 3. The van der Waals surface area contributed by atoms with E-state index in [0.717, 1.165) is 52.2 Å². The Bertz CT molecular complexity index is 590. The standard InChI is InChI=1S/C18H31N5O2S/c1-19-18(20-7-10-22(2)8-4-11-25-3)21-13-17(24)23-9-5-16-15(14-23)6-12-26-16/h6,12H,4-5,7-11,13-14H2,1-3H3,(H2,19,20,21). The molecular formula is C18H31N5O2S. The van der Waals surface area contributed by atoms with E-state index < -0.39 is 0 Å². The summed E-state index contributed by atoms with van der Waals surface area (Å²) in [5, 5.41) is 8.49. The average molecular weight is 382 g/mol. The van der Waals surface area contributed by atoms with Gasteiger partial charge in [0, 0.05) is 58.4 Å². The number of amides is 1. The minimum atomic E-state index is 0.112. The zero-order chi connectivity index (χ0) is 18.8. The summed E-state index contributed by atoms with van der Waals surface area (Å²) in [5.41, 5.74) is 1.29. The number of carbonyl (C=O) groups is 1. The molecule has 0 aromatic carbocycles. The van der Waals surface area contributed by atoms with Crippen LogP contribution in [0.3, 0.4) is 0 Å². The van der Waals surface area contributed by atoms with Crippen LogP contribution in [0.5, 0.6) is 0 Å². The van der Waals surface area contributed by atoms with Gasteiger partial charge in [-0.3, -0.25) is 9.79 Å². The lowest BCUT2D eigenvalue weighted by molar-refractivity contribution is -0.130. The number of methoxy groups -OCH3 is 1. The van der Waals surface area contributed by atoms with Crippen LogP contribution in [0, 0.1) is 0 Å². The van der Waals surface area contributed by atoms with Crippen LogP contribution in [-0.2, 0) is 22.5 Å². The van der Waals surface area contributed by atoms with E-state index in [0.29, 0.717) is 5.96 Å². The van der Waals surface area contributed by atoms with Gasteiger partial charge in [-0.2, -0.15) is 0 Å². The predicted molar refractivity (Wildman–Crippen MR) is 107 cm³/mol. The van der Waals surface area contributed by atoms with Gasteiger partial charge in [0.15, 0.2) is 5.96 Å². The van der Waals surface area contributed by atoms with Crippen molar-refractivity contribution < 1.29 is 9.53 Å². The van der Waals surface area contributed by atoms with Crippen LogP contribution < -0.4 is 10.6 Å². The number of aliphatic imine (C=N–C) groups is 1. The number of thiophene rings is 1. The molecule has 0 radical (unpaired) electrons. The van der Waals surface area contributed by atoms with Crippen molar-refractivity contribution in [1.29, 1.82) is 0 Å². The van der Waals surface area contributed by atoms with Crippen molar-refractivity contribution in [3.8, 4) is 0 Å². The fourth-order valence-electron chi connectivity index (χ4n) is 2.91. The fourth-order valence-corrected chi connectivity index (χ4v) is 3.80. The van der Waals surface area contributed by atoms with Gasteiger partial charge in [0.2, 0.25) is 5.91 Å². The molecule has 1 aromatic rings. The smallest absolute Gasteiger partial charge is 0.242 e. The van der Waals surface area contributed by atoms with Gasteiger partial charge in [0.1, 0.15) is 0 Å². The lowest BCUT2D eigenvalue weighted by Gasteiger charge is -2.27. The summed E-state index contributed by atoms with van der Waals surface area (Å²) in [7, 11) is 5.54. The van der Waals surface area contributed by atoms with Gasteiger partial charge >= 0.3 is 0 Å². The van der Waals surface area contributed by atoms with Crippen molar-refractivity contribution in [3.05, 3.63) is 21.9 Å². The summed E-state index contributed by atoms with van der Waals surface area (Å²) in [6.07, 6.45) is 1.98. The Hall–Kier alpha value is -1.64. The number of nitrogens with one attached hydrogen (secondary N) is 2. The van der Waals surface area contributed by atoms with Crippen molar-refractivity contribution in [2.45, 2.75) is 19.4 Å². The minimum absolute atomic E-state index is 0.112. The zero-order valence-corrected chi connectivity index (χ0v) is 16.9. The van der Waals surface area contributed by atoms with Gasteiger partial charge in [-0.05, 0) is 36.9 Å². The van der Waals surface area contributed by atoms with Crippen LogP contribution in [0.1, 0.15) is 16.9 Å². The number of guanidine groups is 1. The SMILES string of the molecule is CN=C(NCCN(C)CCCOC)NCC(=O)N1CCc2sccc2C1. The van der Waals surface area contributed by atoms with Crippen LogP contribution in [-0.4, -0.2) is 82.2 Å². The third kappa shape index (κ3) is 6.59. The molecular weight excluding hydrogens is 350 g/mol. The van der Waals surface area contributed by atoms with Gasteiger partial charge in [0.25, 0.3) is 0 Å². The molecule has 0 saturated heterocycles. The molecule has 0 fully saturated rings. The van der Waals surface area contributed by atoms with Crippen molar-refractivity contribution in [2.75, 3.05) is 60.5 Å². The maximum absolute atomic E-state index is 12.4. The molecule has 2 heterocycles. The molecule has 0 unspecified atom stereocenters. The lowest BCUT2D eigenvalue weighted by Crippen LogP contribution is -2.46. The van der Waals surface area contributed by atoms with E-state index in [9.17, 15) is 4.79 Å². The third-order valence-corrected chi connectivity index (χ3v) is 5.49. The number of carbonyl (C=O) groups excluding carboxylic acids is 1. The van der Waals surface area contributed by atoms with Crippen molar-refractivity contribution >= 4 is 23.2 Å². The predicted octanol–water partition coefficient (Wildman–Crippen LogP) is 0.766. The monoisotopic (exact) mass is 381 g/mol. The molecule has 8 heteroatoms. The number of hydrogen-bond donors (Lipinski definition) is 2. The lowest BCUT2D eigenvalue weighted by atomic mass is 10.1. The first-order valence-electron chi connectivity index (χ1n) is 9.09. The molecule has 7 nitrogen and oxygen atoms in total. The number of ether oxygens (including phenoxy) is 1. The molecule has 1 aliphatic rings. The molecule has 0 aliphatic carbocycles. The van der Waals surface area contributed by atoms with E-state index >= 15 is 0 Å². The summed E-state index contributed by atoms with van der Waals surface area (Å²) >= 11 is 1.78. The number of likely N-dealkylation sites (N-methyl/N-ethyl adjacent to an activating group) is 1. The Kier molecular flexibility index (Phi) is 8.87. The van der Waals surface area contributed by atoms with Crippen molar-refractivity contribution in [1.82, 2.24) is 20.4 Å². The molecule has 2 N–H and O–H groups in total. The Morgan fingerprint density at radius 2 is 2.27 bits per heavy atom. The molecule has 0 saturated carbocycles. The Morgan fingerprint density at radius 3 is 3.04 bits per heavy atom. The molecule has 0 bridgehead atoms. The summed E-state index contributed by atoms with van der Waals surface area (Å²) in [6, 6.07) is 2.12. The summed E-state index contributed by atoms with van der Waals surface area (Å²) in [5.74, 6) is 0.776. The maximum Gasteiger partial charge on any atom is 0.242 e. The normalized spacial score (nSPS) is 14.5. The molecule has 1 amide bonds. The molecule has 1 aromatic heterocycles. The first-order valence-corrected chi connectivity index (χ1v) is 9.97. The summed E-state index contributed by atoms with van der Waals surface area (Å²) < 4.78 is 5.06. The van der Waals surface area contributed by atoms with E-state index in [-0.39, 0.29) is 12.5 Å². The van der Waals surface area contributed by atoms with Crippen LogP contribution in [0.4, 0.5) is 0 Å². The molecule has 0 spiro atoms. The van der Waals surface area contributed by atoms with E-state index in [4.69, 9.17) is 4.74 Å². The van der Waals surface area contributed by atoms with Gasteiger partial charge < -0.3 is 25.2 Å². The molecule has 26 heavy (non-hydrogen) atoms. The van der Waals surface area contributed by atoms with E-state index in [1.54, 1.807) is 25.5 Å². The first-order chi connectivity index (χ1) is 12.6. The van der Waals surface area contributed by atoms with Gasteiger partial charge in [0.05, 0.1) is 6.54 Å². The topological polar surface area (TPSA) is 69.2 Å². The van der Waals surface area contributed by atoms with Crippen molar-refractivity contribution in [3.63, 3.8) is 0 Å². The average Bonchev–Trinajstić information content (AvgIpc) is 3.12. The Morgan fingerprint density at radius 1 is 1.42 bits per heavy atom. The molecule has 2 rings (SSSR count). The highest BCUT2D eigenvalue weighted by Crippen LogP contribution is 2.23. The Balaban J connectivity index is 1.64. The minimum Gasteiger partial charge on any atom is -0.385 e. The molecule has 146 valence electrons. The molecule has 0 atom stereocenters. The molecule has 1 aliphatic heterocycles. The van der Waals surface area contributed by atoms with E-state index in [1.807, 2.05) is 4.90 Å². The highest BCUT2D eigenvalue weighted by molar-refractivity contribution is 7.10. The van der Waals surface area contributed by atoms with Gasteiger partial charge in [-0.15, -0.1) is 11.3 Å². The van der Waals surface area contributed by atoms with Gasteiger partial charge in [-0.1, -0.05) is 0 Å². The maximum atomic E-state index is 12.4. The quantitative estimate of drug-likeness (QED) is 0.376. The van der Waals surface area contributed by atoms with E-state index in [2.05, 4.69) is 39.0 Å². The van der Waals surface area contributed by atoms with Crippen LogP contribution in [0.15, 0.2) is 16.4 Å². The van der Waals surface area contributed by atoms with E-state index in [1.165, 1.54) is 10.4 Å². The fraction of sp³-hybridized carbons (Fsp3) is 0.667. The summed E-state index contributed by atoms with van der Waals surface area (Å²) in [6.45, 7) is 5.25. The first kappa shape index (κ1) is 20.7. The number of rotatable bonds is 9.